The summed E-state index contributed by atoms with van der Waals surface area (Å²) in [5.74, 6) is 0.207. The summed E-state index contributed by atoms with van der Waals surface area (Å²) in [6, 6.07) is 0. The summed E-state index contributed by atoms with van der Waals surface area (Å²) >= 11 is 5.31. The number of nitrogens with two attached hydrogens (primary N) is 1. The van der Waals surface area contributed by atoms with Crippen LogP contribution in [0.4, 0.5) is 5.95 Å². The van der Waals surface area contributed by atoms with Crippen molar-refractivity contribution in [1.29, 1.82) is 0 Å². The van der Waals surface area contributed by atoms with Crippen molar-refractivity contribution in [1.82, 2.24) is 19.5 Å². The molecule has 1 aliphatic heterocycles. The van der Waals surface area contributed by atoms with E-state index in [-0.39, 0.29) is 49.5 Å². The van der Waals surface area contributed by atoms with E-state index in [1.54, 1.807) is 20.2 Å². The molecule has 0 amide bonds. The third-order valence-electron chi connectivity index (χ3n) is 6.39. The Labute approximate surface area is 212 Å². The molecule has 11 nitrogen and oxygen atoms in total. The standard InChI is InChI=1S/C21H38N5O6PSSi/c1-8-29-33(27,30-9-2)13-28-11-15-14(32-35(6,7)21(3,4)5)10-16(31-15)26-12-23-17-18(26)24-20(22)25-19(17)34/h12,14-16H,8-11,13H2,1-7H3,(H3,22,24,25,34)/t14?,15-,16-/m1/s1. The topological polar surface area (TPSA) is 136 Å². The highest BCUT2D eigenvalue weighted by Gasteiger charge is 2.45. The van der Waals surface area contributed by atoms with Crippen molar-refractivity contribution in [3.63, 3.8) is 0 Å². The Balaban J connectivity index is 1.83. The van der Waals surface area contributed by atoms with Gasteiger partial charge in [0.1, 0.15) is 29.8 Å². The van der Waals surface area contributed by atoms with Gasteiger partial charge < -0.3 is 33.7 Å². The van der Waals surface area contributed by atoms with Crippen LogP contribution < -0.4 is 5.73 Å². The Morgan fingerprint density at radius 3 is 2.57 bits per heavy atom. The number of aromatic amines is 1. The van der Waals surface area contributed by atoms with Gasteiger partial charge in [-0.3, -0.25) is 9.13 Å². The minimum absolute atomic E-state index is 0.0168. The van der Waals surface area contributed by atoms with E-state index in [9.17, 15) is 4.57 Å². The maximum Gasteiger partial charge on any atom is 0.356 e. The van der Waals surface area contributed by atoms with Crippen molar-refractivity contribution in [3.8, 4) is 0 Å². The Bertz CT molecular complexity index is 1110. The normalized spacial score (nSPS) is 21.7. The first-order valence-corrected chi connectivity index (χ1v) is 16.9. The molecule has 35 heavy (non-hydrogen) atoms. The number of aromatic nitrogens is 4. The van der Waals surface area contributed by atoms with Crippen LogP contribution in [-0.4, -0.2) is 66.2 Å². The van der Waals surface area contributed by atoms with Gasteiger partial charge in [0.25, 0.3) is 0 Å². The maximum absolute atomic E-state index is 12.8. The number of imidazole rings is 1. The van der Waals surface area contributed by atoms with Crippen molar-refractivity contribution < 1.29 is 27.5 Å². The average Bonchev–Trinajstić information content (AvgIpc) is 3.31. The minimum Gasteiger partial charge on any atom is -0.411 e. The van der Waals surface area contributed by atoms with Crippen LogP contribution in [0.15, 0.2) is 6.33 Å². The zero-order chi connectivity index (χ0) is 26.0. The Morgan fingerprint density at radius 2 is 1.97 bits per heavy atom. The molecule has 0 spiro atoms. The minimum atomic E-state index is -3.33. The molecule has 3 heterocycles. The molecule has 1 fully saturated rings. The molecular weight excluding hydrogens is 509 g/mol. The summed E-state index contributed by atoms with van der Waals surface area (Å²) in [4.78, 5) is 11.5. The molecule has 2 aromatic heterocycles. The van der Waals surface area contributed by atoms with Gasteiger partial charge in [0, 0.05) is 6.42 Å². The Morgan fingerprint density at radius 1 is 1.31 bits per heavy atom. The molecule has 0 saturated carbocycles. The smallest absolute Gasteiger partial charge is 0.356 e. The zero-order valence-electron chi connectivity index (χ0n) is 21.6. The van der Waals surface area contributed by atoms with Crippen LogP contribution in [0.5, 0.6) is 0 Å². The van der Waals surface area contributed by atoms with Crippen LogP contribution in [-0.2, 0) is 27.5 Å². The number of H-pyrrole nitrogens is 1. The fourth-order valence-corrected chi connectivity index (χ4v) is 6.60. The summed E-state index contributed by atoms with van der Waals surface area (Å²) in [6.45, 7) is 15.2. The molecule has 3 rings (SSSR count). The molecule has 0 radical (unpaired) electrons. The van der Waals surface area contributed by atoms with E-state index < -0.39 is 22.0 Å². The number of nitrogens with zero attached hydrogens (tertiary/aromatic N) is 3. The van der Waals surface area contributed by atoms with Crippen molar-refractivity contribution in [3.05, 3.63) is 11.0 Å². The van der Waals surface area contributed by atoms with Gasteiger partial charge in [-0.1, -0.05) is 33.0 Å². The summed E-state index contributed by atoms with van der Waals surface area (Å²) in [6.07, 6.45) is 1.05. The lowest BCUT2D eigenvalue weighted by atomic mass is 10.2. The van der Waals surface area contributed by atoms with Gasteiger partial charge in [0.15, 0.2) is 18.9 Å². The van der Waals surface area contributed by atoms with Gasteiger partial charge in [-0.05, 0) is 32.0 Å². The number of ether oxygens (including phenoxy) is 2. The molecule has 0 bridgehead atoms. The van der Waals surface area contributed by atoms with Crippen molar-refractivity contribution in [2.45, 2.75) is 77.6 Å². The molecule has 1 saturated heterocycles. The van der Waals surface area contributed by atoms with Crippen LogP contribution >= 0.6 is 19.8 Å². The molecule has 3 atom stereocenters. The van der Waals surface area contributed by atoms with Crippen LogP contribution in [0, 0.1) is 4.64 Å². The Hall–Kier alpha value is -1.18. The fraction of sp³-hybridized carbons (Fsp3) is 0.762. The van der Waals surface area contributed by atoms with E-state index >= 15 is 0 Å². The van der Waals surface area contributed by atoms with Gasteiger partial charge in [-0.2, -0.15) is 0 Å². The van der Waals surface area contributed by atoms with Gasteiger partial charge in [0.05, 0.1) is 32.3 Å². The number of rotatable bonds is 11. The lowest BCUT2D eigenvalue weighted by Crippen LogP contribution is -2.46. The van der Waals surface area contributed by atoms with Crippen molar-refractivity contribution >= 4 is 45.2 Å². The van der Waals surface area contributed by atoms with E-state index in [1.165, 1.54) is 0 Å². The summed E-state index contributed by atoms with van der Waals surface area (Å²) in [5.41, 5.74) is 7.07. The lowest BCUT2D eigenvalue weighted by Gasteiger charge is -2.39. The predicted octanol–water partition coefficient (Wildman–Crippen LogP) is 4.99. The monoisotopic (exact) mass is 547 g/mol. The second kappa shape index (κ2) is 11.1. The highest BCUT2D eigenvalue weighted by Crippen LogP contribution is 2.48. The van der Waals surface area contributed by atoms with E-state index in [2.05, 4.69) is 48.8 Å². The first-order chi connectivity index (χ1) is 16.3. The number of hydrogen-bond acceptors (Lipinski definition) is 10. The van der Waals surface area contributed by atoms with Crippen LogP contribution in [0.3, 0.4) is 0 Å². The van der Waals surface area contributed by atoms with E-state index in [4.69, 9.17) is 40.9 Å². The second-order valence-electron chi connectivity index (χ2n) is 10.0. The molecular formula is C21H38N5O6PSSi. The summed E-state index contributed by atoms with van der Waals surface area (Å²) in [7, 11) is -5.45. The first-order valence-electron chi connectivity index (χ1n) is 11.8. The maximum atomic E-state index is 12.8. The number of anilines is 1. The zero-order valence-corrected chi connectivity index (χ0v) is 24.3. The molecule has 2 aromatic rings. The molecule has 198 valence electrons. The van der Waals surface area contributed by atoms with Crippen LogP contribution in [0.2, 0.25) is 18.1 Å². The number of nitrogen functional groups attached to an aromatic ring is 1. The Kier molecular flexibility index (Phi) is 8.97. The van der Waals surface area contributed by atoms with Crippen molar-refractivity contribution in [2.75, 3.05) is 31.9 Å². The first kappa shape index (κ1) is 28.4. The average molecular weight is 548 g/mol. The summed E-state index contributed by atoms with van der Waals surface area (Å²) < 4.78 is 44.6. The van der Waals surface area contributed by atoms with Crippen LogP contribution in [0.1, 0.15) is 47.3 Å². The lowest BCUT2D eigenvalue weighted by molar-refractivity contribution is -0.0549. The molecule has 0 aromatic carbocycles. The van der Waals surface area contributed by atoms with E-state index in [0.717, 1.165) is 0 Å². The molecule has 1 unspecified atom stereocenters. The highest BCUT2D eigenvalue weighted by atomic mass is 32.1. The van der Waals surface area contributed by atoms with E-state index in [0.29, 0.717) is 22.2 Å². The third kappa shape index (κ3) is 6.58. The van der Waals surface area contributed by atoms with Crippen molar-refractivity contribution in [2.24, 2.45) is 0 Å². The van der Waals surface area contributed by atoms with Gasteiger partial charge in [-0.15, -0.1) is 0 Å². The quantitative estimate of drug-likeness (QED) is 0.225. The predicted molar refractivity (Wildman–Crippen MR) is 139 cm³/mol. The molecule has 3 N–H and O–H groups in total. The number of nitrogens with one attached hydrogen (secondary N) is 1. The van der Waals surface area contributed by atoms with Crippen LogP contribution in [0.25, 0.3) is 11.2 Å². The summed E-state index contributed by atoms with van der Waals surface area (Å²) in [5, 5.41) is 0.0168. The van der Waals surface area contributed by atoms with E-state index in [1.807, 2.05) is 4.57 Å². The third-order valence-corrected chi connectivity index (χ3v) is 13.0. The number of fused-ring (bicyclic) bond motifs is 1. The molecule has 14 heteroatoms. The van der Waals surface area contributed by atoms with Gasteiger partial charge >= 0.3 is 7.60 Å². The molecule has 0 aliphatic carbocycles. The number of hydrogen-bond donors (Lipinski definition) is 2. The van der Waals surface area contributed by atoms with Gasteiger partial charge in [-0.25, -0.2) is 9.97 Å². The SMILES string of the molecule is CCOP(=O)(COC[C@H]1O[C@@H](n2cnc3c(=S)nc(N)[nH]c32)CC1O[Si](C)(C)C(C)(C)C)OCC. The van der Waals surface area contributed by atoms with Gasteiger partial charge in [0.2, 0.25) is 0 Å². The second-order valence-corrected chi connectivity index (χ2v) is 17.1. The fourth-order valence-electron chi connectivity index (χ4n) is 3.66. The highest BCUT2D eigenvalue weighted by molar-refractivity contribution is 7.71. The largest absolute Gasteiger partial charge is 0.411 e. The molecule has 1 aliphatic rings.